The minimum Gasteiger partial charge on any atom is -0.496 e. The van der Waals surface area contributed by atoms with Crippen LogP contribution in [-0.4, -0.2) is 13.0 Å². The third-order valence-corrected chi connectivity index (χ3v) is 4.06. The van der Waals surface area contributed by atoms with Gasteiger partial charge in [0.25, 0.3) is 5.91 Å². The van der Waals surface area contributed by atoms with Crippen molar-refractivity contribution in [3.63, 3.8) is 0 Å². The molecule has 4 heteroatoms. The molecule has 0 fully saturated rings. The van der Waals surface area contributed by atoms with Crippen LogP contribution in [0.4, 0.5) is 0 Å². The lowest BCUT2D eigenvalue weighted by Crippen LogP contribution is -2.36. The Labute approximate surface area is 133 Å². The molecule has 23 heavy (non-hydrogen) atoms. The van der Waals surface area contributed by atoms with Crippen LogP contribution in [0.15, 0.2) is 60.7 Å². The van der Waals surface area contributed by atoms with Crippen molar-refractivity contribution in [3.05, 3.63) is 71.8 Å². The maximum absolute atomic E-state index is 12.3. The van der Waals surface area contributed by atoms with E-state index in [1.165, 1.54) is 0 Å². The molecule has 4 rings (SSSR count). The van der Waals surface area contributed by atoms with Crippen LogP contribution in [0, 0.1) is 0 Å². The number of carbonyl (C=O) groups excluding carboxylic acids is 1. The third-order valence-electron chi connectivity index (χ3n) is 4.06. The molecule has 1 heterocycles. The minimum absolute atomic E-state index is 0.128. The molecule has 0 bridgehead atoms. The lowest BCUT2D eigenvalue weighted by atomic mass is 10.0. The molecule has 3 aromatic rings. The van der Waals surface area contributed by atoms with Gasteiger partial charge in [-0.05, 0) is 29.7 Å². The highest BCUT2D eigenvalue weighted by Gasteiger charge is 2.27. The third kappa shape index (κ3) is 2.19. The average molecular weight is 305 g/mol. The van der Waals surface area contributed by atoms with Crippen molar-refractivity contribution >= 4 is 16.7 Å². The van der Waals surface area contributed by atoms with Gasteiger partial charge >= 0.3 is 0 Å². The Kier molecular flexibility index (Phi) is 3.15. The van der Waals surface area contributed by atoms with Crippen LogP contribution >= 0.6 is 0 Å². The molecule has 0 radical (unpaired) electrons. The molecule has 0 unspecified atom stereocenters. The molecule has 0 saturated heterocycles. The summed E-state index contributed by atoms with van der Waals surface area (Å²) in [5, 5.41) is 4.90. The topological polar surface area (TPSA) is 47.6 Å². The zero-order chi connectivity index (χ0) is 15.8. The minimum atomic E-state index is -0.520. The number of para-hydroxylation sites is 1. The van der Waals surface area contributed by atoms with Crippen molar-refractivity contribution < 1.29 is 14.3 Å². The predicted octanol–water partition coefficient (Wildman–Crippen LogP) is 3.67. The summed E-state index contributed by atoms with van der Waals surface area (Å²) in [5.41, 5.74) is 1.46. The summed E-state index contributed by atoms with van der Waals surface area (Å²) in [5.74, 6) is 1.27. The summed E-state index contributed by atoms with van der Waals surface area (Å²) in [6, 6.07) is 19.0. The van der Waals surface area contributed by atoms with Crippen LogP contribution < -0.4 is 14.8 Å². The second-order valence-electron chi connectivity index (χ2n) is 5.37. The number of fused-ring (bicyclic) bond motifs is 2. The summed E-state index contributed by atoms with van der Waals surface area (Å²) in [6.07, 6.45) is -0.520. The van der Waals surface area contributed by atoms with Gasteiger partial charge in [-0.15, -0.1) is 0 Å². The van der Waals surface area contributed by atoms with E-state index in [-0.39, 0.29) is 5.91 Å². The molecule has 1 amide bonds. The van der Waals surface area contributed by atoms with Gasteiger partial charge in [-0.3, -0.25) is 4.79 Å². The molecule has 114 valence electrons. The van der Waals surface area contributed by atoms with Crippen molar-refractivity contribution in [2.24, 2.45) is 0 Å². The van der Waals surface area contributed by atoms with Gasteiger partial charge in [-0.2, -0.15) is 0 Å². The fourth-order valence-electron chi connectivity index (χ4n) is 2.95. The quantitative estimate of drug-likeness (QED) is 0.786. The van der Waals surface area contributed by atoms with E-state index in [9.17, 15) is 4.79 Å². The van der Waals surface area contributed by atoms with Crippen molar-refractivity contribution in [1.82, 2.24) is 5.32 Å². The Morgan fingerprint density at radius 1 is 0.957 bits per heavy atom. The SMILES string of the molecule is COc1ccc([C@H]2NC(=O)c3ccccc3O2)c2ccccc12. The highest BCUT2D eigenvalue weighted by molar-refractivity contribution is 5.99. The van der Waals surface area contributed by atoms with Crippen LogP contribution in [0.2, 0.25) is 0 Å². The number of carbonyl (C=O) groups is 1. The van der Waals surface area contributed by atoms with E-state index >= 15 is 0 Å². The lowest BCUT2D eigenvalue weighted by Gasteiger charge is -2.28. The van der Waals surface area contributed by atoms with Gasteiger partial charge in [0.2, 0.25) is 0 Å². The largest absolute Gasteiger partial charge is 0.496 e. The fourth-order valence-corrected chi connectivity index (χ4v) is 2.95. The molecule has 0 aliphatic carbocycles. The lowest BCUT2D eigenvalue weighted by molar-refractivity contribution is 0.0759. The Morgan fingerprint density at radius 3 is 2.52 bits per heavy atom. The molecular weight excluding hydrogens is 290 g/mol. The second-order valence-corrected chi connectivity index (χ2v) is 5.37. The van der Waals surface area contributed by atoms with Crippen LogP contribution in [0.3, 0.4) is 0 Å². The van der Waals surface area contributed by atoms with Crippen LogP contribution in [0.5, 0.6) is 11.5 Å². The van der Waals surface area contributed by atoms with E-state index in [1.807, 2.05) is 54.6 Å². The Hall–Kier alpha value is -3.01. The first-order valence-electron chi connectivity index (χ1n) is 7.40. The van der Waals surface area contributed by atoms with Gasteiger partial charge in [-0.25, -0.2) is 0 Å². The number of ether oxygens (including phenoxy) is 2. The zero-order valence-corrected chi connectivity index (χ0v) is 12.6. The summed E-state index contributed by atoms with van der Waals surface area (Å²) >= 11 is 0. The number of benzene rings is 3. The predicted molar refractivity (Wildman–Crippen MR) is 87.8 cm³/mol. The fraction of sp³-hybridized carbons (Fsp3) is 0.105. The van der Waals surface area contributed by atoms with Crippen LogP contribution in [-0.2, 0) is 0 Å². The summed E-state index contributed by atoms with van der Waals surface area (Å²) in [4.78, 5) is 12.3. The van der Waals surface area contributed by atoms with Gasteiger partial charge < -0.3 is 14.8 Å². The summed E-state index contributed by atoms with van der Waals surface area (Å²) in [6.45, 7) is 0. The van der Waals surface area contributed by atoms with Crippen molar-refractivity contribution in [2.45, 2.75) is 6.23 Å². The van der Waals surface area contributed by atoms with E-state index in [2.05, 4.69) is 5.32 Å². The molecule has 3 aromatic carbocycles. The van der Waals surface area contributed by atoms with Gasteiger partial charge in [0.15, 0.2) is 6.23 Å². The number of hydrogen-bond donors (Lipinski definition) is 1. The normalized spacial score (nSPS) is 16.4. The van der Waals surface area contributed by atoms with E-state index in [0.29, 0.717) is 11.3 Å². The molecule has 0 spiro atoms. The van der Waals surface area contributed by atoms with Gasteiger partial charge in [0.1, 0.15) is 11.5 Å². The van der Waals surface area contributed by atoms with Crippen LogP contribution in [0.1, 0.15) is 22.1 Å². The van der Waals surface area contributed by atoms with Gasteiger partial charge in [0.05, 0.1) is 12.7 Å². The average Bonchev–Trinajstić information content (AvgIpc) is 2.60. The Morgan fingerprint density at radius 2 is 1.70 bits per heavy atom. The van der Waals surface area contributed by atoms with E-state index in [4.69, 9.17) is 9.47 Å². The second kappa shape index (κ2) is 5.32. The Balaban J connectivity index is 1.84. The molecule has 1 N–H and O–H groups in total. The Bertz CT molecular complexity index is 904. The first-order valence-corrected chi connectivity index (χ1v) is 7.40. The smallest absolute Gasteiger partial charge is 0.258 e. The zero-order valence-electron chi connectivity index (χ0n) is 12.6. The summed E-state index contributed by atoms with van der Waals surface area (Å²) < 4.78 is 11.4. The molecule has 1 atom stereocenters. The molecular formula is C19H15NO3. The standard InChI is InChI=1S/C19H15NO3/c1-22-16-11-10-14(12-6-2-3-7-13(12)16)19-20-18(21)15-8-4-5-9-17(15)23-19/h2-11,19H,1H3,(H,20,21)/t19-/m0/s1. The molecule has 1 aliphatic heterocycles. The molecule has 1 aliphatic rings. The van der Waals surface area contributed by atoms with E-state index in [0.717, 1.165) is 22.1 Å². The molecule has 4 nitrogen and oxygen atoms in total. The first-order chi connectivity index (χ1) is 11.3. The van der Waals surface area contributed by atoms with E-state index < -0.39 is 6.23 Å². The highest BCUT2D eigenvalue weighted by Crippen LogP contribution is 2.35. The number of hydrogen-bond acceptors (Lipinski definition) is 3. The monoisotopic (exact) mass is 305 g/mol. The number of nitrogens with one attached hydrogen (secondary N) is 1. The maximum Gasteiger partial charge on any atom is 0.258 e. The molecule has 0 aromatic heterocycles. The van der Waals surface area contributed by atoms with Crippen LogP contribution in [0.25, 0.3) is 10.8 Å². The van der Waals surface area contributed by atoms with Gasteiger partial charge in [0, 0.05) is 10.9 Å². The summed E-state index contributed by atoms with van der Waals surface area (Å²) in [7, 11) is 1.65. The van der Waals surface area contributed by atoms with Crippen molar-refractivity contribution in [1.29, 1.82) is 0 Å². The van der Waals surface area contributed by atoms with Gasteiger partial charge in [-0.1, -0.05) is 36.4 Å². The first kappa shape index (κ1) is 13.6. The van der Waals surface area contributed by atoms with Crippen molar-refractivity contribution in [3.8, 4) is 11.5 Å². The maximum atomic E-state index is 12.3. The van der Waals surface area contributed by atoms with E-state index in [1.54, 1.807) is 13.2 Å². The molecule has 0 saturated carbocycles. The highest BCUT2D eigenvalue weighted by atomic mass is 16.5. The van der Waals surface area contributed by atoms with Crippen molar-refractivity contribution in [2.75, 3.05) is 7.11 Å². The number of amides is 1. The number of methoxy groups -OCH3 is 1. The number of rotatable bonds is 2.